The molecule has 2 unspecified atom stereocenters. The van der Waals surface area contributed by atoms with Gasteiger partial charge in [-0.15, -0.1) is 0 Å². The minimum Gasteiger partial charge on any atom is -0.489 e. The maximum absolute atomic E-state index is 8.79. The molecule has 1 aromatic rings. The Labute approximate surface area is 106 Å². The molecule has 2 heterocycles. The smallest absolute Gasteiger partial charge is 0.161 e. The van der Waals surface area contributed by atoms with Crippen LogP contribution in [0.3, 0.4) is 0 Å². The van der Waals surface area contributed by atoms with Crippen LogP contribution in [0.1, 0.15) is 24.2 Å². The minimum absolute atomic E-state index is 0.0693. The average molecular weight is 250 g/mol. The molecule has 0 radical (unpaired) electrons. The van der Waals surface area contributed by atoms with Gasteiger partial charge in [-0.05, 0) is 25.6 Å². The van der Waals surface area contributed by atoms with Gasteiger partial charge in [0.1, 0.15) is 18.0 Å². The first-order chi connectivity index (χ1) is 8.67. The highest BCUT2D eigenvalue weighted by Crippen LogP contribution is 2.39. The predicted octanol–water partition coefficient (Wildman–Crippen LogP) is 1.28. The van der Waals surface area contributed by atoms with Crippen LogP contribution >= 0.6 is 0 Å². The van der Waals surface area contributed by atoms with E-state index in [0.717, 1.165) is 24.4 Å². The molecule has 18 heavy (non-hydrogen) atoms. The number of nitrogens with one attached hydrogen (secondary N) is 1. The van der Waals surface area contributed by atoms with Crippen LogP contribution in [0.2, 0.25) is 0 Å². The predicted molar refractivity (Wildman–Crippen MR) is 65.4 cm³/mol. The van der Waals surface area contributed by atoms with Gasteiger partial charge in [0.25, 0.3) is 0 Å². The van der Waals surface area contributed by atoms with Gasteiger partial charge < -0.3 is 14.7 Å². The summed E-state index contributed by atoms with van der Waals surface area (Å²) in [6, 6.07) is 6.14. The third-order valence-corrected chi connectivity index (χ3v) is 3.38. The van der Waals surface area contributed by atoms with Crippen LogP contribution in [0.4, 0.5) is 0 Å². The van der Waals surface area contributed by atoms with E-state index in [2.05, 4.69) is 30.4 Å². The van der Waals surface area contributed by atoms with Crippen molar-refractivity contribution in [1.82, 2.24) is 10.4 Å². The van der Waals surface area contributed by atoms with Gasteiger partial charge in [-0.25, -0.2) is 0 Å². The molecule has 0 aromatic heterocycles. The second-order valence-electron chi connectivity index (χ2n) is 5.10. The Morgan fingerprint density at radius 2 is 2.28 bits per heavy atom. The molecule has 3 rings (SSSR count). The molecule has 2 aliphatic rings. The van der Waals surface area contributed by atoms with Crippen LogP contribution in [0.15, 0.2) is 18.2 Å². The first-order valence-electron chi connectivity index (χ1n) is 6.20. The van der Waals surface area contributed by atoms with E-state index in [1.807, 2.05) is 12.1 Å². The van der Waals surface area contributed by atoms with Gasteiger partial charge in [0.05, 0.1) is 0 Å². The fraction of sp³-hybridized carbons (Fsp3) is 0.538. The van der Waals surface area contributed by atoms with Crippen molar-refractivity contribution in [3.8, 4) is 5.75 Å². The summed E-state index contributed by atoms with van der Waals surface area (Å²) in [5.74, 6) is 0.927. The van der Waals surface area contributed by atoms with E-state index in [1.165, 1.54) is 5.56 Å². The van der Waals surface area contributed by atoms with Gasteiger partial charge in [-0.2, -0.15) is 5.48 Å². The Morgan fingerprint density at radius 3 is 3.00 bits per heavy atom. The molecule has 1 aromatic carbocycles. The van der Waals surface area contributed by atoms with Crippen LogP contribution in [-0.4, -0.2) is 36.0 Å². The van der Waals surface area contributed by atoms with Crippen molar-refractivity contribution in [2.75, 3.05) is 13.6 Å². The lowest BCUT2D eigenvalue weighted by atomic mass is 10.1. The Balaban J connectivity index is 1.86. The molecule has 1 saturated heterocycles. The van der Waals surface area contributed by atoms with Crippen molar-refractivity contribution in [2.45, 2.75) is 31.9 Å². The van der Waals surface area contributed by atoms with E-state index in [-0.39, 0.29) is 18.4 Å². The van der Waals surface area contributed by atoms with Crippen LogP contribution in [0, 0.1) is 0 Å². The highest BCUT2D eigenvalue weighted by molar-refractivity contribution is 5.40. The lowest BCUT2D eigenvalue weighted by molar-refractivity contribution is 0.119. The first kappa shape index (κ1) is 11.9. The van der Waals surface area contributed by atoms with Crippen molar-refractivity contribution in [3.63, 3.8) is 0 Å². The van der Waals surface area contributed by atoms with Crippen molar-refractivity contribution >= 4 is 0 Å². The first-order valence-corrected chi connectivity index (χ1v) is 6.20. The van der Waals surface area contributed by atoms with Crippen LogP contribution in [-0.2, 0) is 11.3 Å². The van der Waals surface area contributed by atoms with E-state index in [1.54, 1.807) is 0 Å². The molecule has 2 N–H and O–H groups in total. The number of hydrogen-bond acceptors (Lipinski definition) is 5. The zero-order chi connectivity index (χ0) is 12.7. The third-order valence-electron chi connectivity index (χ3n) is 3.38. The van der Waals surface area contributed by atoms with Gasteiger partial charge in [0, 0.05) is 18.7 Å². The molecule has 5 heteroatoms. The summed E-state index contributed by atoms with van der Waals surface area (Å²) in [5.41, 5.74) is 4.36. The van der Waals surface area contributed by atoms with Crippen molar-refractivity contribution in [3.05, 3.63) is 29.3 Å². The molecule has 98 valence electrons. The standard InChI is InChI=1S/C13H18N2O3/c1-8-6-15(2)7-10-4-3-9(5-11(10)17-8)12-13(14-16)18-12/h3-5,8,12-14,16H,6-7H2,1-2H3/t8-,12?,13?/m1/s1. The molecule has 0 bridgehead atoms. The minimum atomic E-state index is -0.283. The molecule has 5 nitrogen and oxygen atoms in total. The second kappa shape index (κ2) is 4.51. The van der Waals surface area contributed by atoms with Gasteiger partial charge in [0.2, 0.25) is 0 Å². The number of likely N-dealkylation sites (N-methyl/N-ethyl adjacent to an activating group) is 1. The Kier molecular flexibility index (Phi) is 2.99. The molecule has 1 fully saturated rings. The average Bonchev–Trinajstić information content (AvgIpc) is 3.10. The van der Waals surface area contributed by atoms with Crippen LogP contribution < -0.4 is 10.2 Å². The quantitative estimate of drug-likeness (QED) is 0.611. The van der Waals surface area contributed by atoms with Crippen LogP contribution in [0.25, 0.3) is 0 Å². The lowest BCUT2D eigenvalue weighted by Crippen LogP contribution is -2.27. The summed E-state index contributed by atoms with van der Waals surface area (Å²) < 4.78 is 11.2. The molecule has 0 saturated carbocycles. The SMILES string of the molecule is C[C@@H]1CN(C)Cc2ccc(C3OC3NO)cc2O1. The summed E-state index contributed by atoms with van der Waals surface area (Å²) >= 11 is 0. The topological polar surface area (TPSA) is 57.3 Å². The molecular formula is C13H18N2O3. The van der Waals surface area contributed by atoms with E-state index >= 15 is 0 Å². The molecule has 3 atom stereocenters. The van der Waals surface area contributed by atoms with E-state index in [9.17, 15) is 0 Å². The second-order valence-corrected chi connectivity index (χ2v) is 5.10. The zero-order valence-corrected chi connectivity index (χ0v) is 10.6. The van der Waals surface area contributed by atoms with Crippen molar-refractivity contribution in [1.29, 1.82) is 0 Å². The summed E-state index contributed by atoms with van der Waals surface area (Å²) in [6.45, 7) is 3.89. The largest absolute Gasteiger partial charge is 0.489 e. The molecule has 0 aliphatic carbocycles. The van der Waals surface area contributed by atoms with Crippen molar-refractivity contribution in [2.24, 2.45) is 0 Å². The van der Waals surface area contributed by atoms with Gasteiger partial charge in [-0.1, -0.05) is 12.1 Å². The fourth-order valence-corrected chi connectivity index (χ4v) is 2.50. The summed E-state index contributed by atoms with van der Waals surface area (Å²) in [5, 5.41) is 8.79. The number of rotatable bonds is 2. The highest BCUT2D eigenvalue weighted by atomic mass is 16.7. The number of epoxide rings is 1. The monoisotopic (exact) mass is 250 g/mol. The Hall–Kier alpha value is -1.14. The maximum Gasteiger partial charge on any atom is 0.161 e. The Bertz CT molecular complexity index is 452. The van der Waals surface area contributed by atoms with Gasteiger partial charge in [-0.3, -0.25) is 4.90 Å². The van der Waals surface area contributed by atoms with E-state index in [0.29, 0.717) is 0 Å². The van der Waals surface area contributed by atoms with Gasteiger partial charge in [0.15, 0.2) is 6.23 Å². The molecule has 0 amide bonds. The highest BCUT2D eigenvalue weighted by Gasteiger charge is 2.40. The van der Waals surface area contributed by atoms with Crippen LogP contribution in [0.5, 0.6) is 5.75 Å². The molecule has 2 aliphatic heterocycles. The number of hydrogen-bond donors (Lipinski definition) is 2. The summed E-state index contributed by atoms with van der Waals surface area (Å²) in [4.78, 5) is 2.25. The fourth-order valence-electron chi connectivity index (χ4n) is 2.50. The van der Waals surface area contributed by atoms with E-state index < -0.39 is 0 Å². The number of ether oxygens (including phenoxy) is 2. The number of benzene rings is 1. The molecule has 0 spiro atoms. The van der Waals surface area contributed by atoms with Crippen molar-refractivity contribution < 1.29 is 14.7 Å². The normalized spacial score (nSPS) is 31.4. The van der Waals surface area contributed by atoms with Gasteiger partial charge >= 0.3 is 0 Å². The number of fused-ring (bicyclic) bond motifs is 1. The maximum atomic E-state index is 8.79. The molecular weight excluding hydrogens is 232 g/mol. The number of nitrogens with zero attached hydrogens (tertiary/aromatic N) is 1. The Morgan fingerprint density at radius 1 is 1.44 bits per heavy atom. The third kappa shape index (κ3) is 2.22. The lowest BCUT2D eigenvalue weighted by Gasteiger charge is -2.15. The van der Waals surface area contributed by atoms with E-state index in [4.69, 9.17) is 14.7 Å². The number of hydroxylamine groups is 1. The summed E-state index contributed by atoms with van der Waals surface area (Å²) in [6.07, 6.45) is -0.174. The zero-order valence-electron chi connectivity index (χ0n) is 10.6. The summed E-state index contributed by atoms with van der Waals surface area (Å²) in [7, 11) is 2.10.